The second-order valence-electron chi connectivity index (χ2n) is 7.03. The van der Waals surface area contributed by atoms with E-state index in [0.717, 1.165) is 33.9 Å². The van der Waals surface area contributed by atoms with Crippen molar-refractivity contribution in [1.82, 2.24) is 9.99 Å². The zero-order valence-corrected chi connectivity index (χ0v) is 16.8. The first-order valence-electron chi connectivity index (χ1n) is 9.28. The summed E-state index contributed by atoms with van der Waals surface area (Å²) in [6, 6.07) is 20.1. The molecular formula is C23H26N4O. The summed E-state index contributed by atoms with van der Waals surface area (Å²) in [6.45, 7) is 4.12. The molecule has 1 heterocycles. The van der Waals surface area contributed by atoms with Crippen LogP contribution in [0.15, 0.2) is 65.8 Å². The summed E-state index contributed by atoms with van der Waals surface area (Å²) in [7, 11) is 4.06. The Morgan fingerprint density at radius 3 is 2.39 bits per heavy atom. The molecule has 0 aliphatic rings. The molecule has 0 atom stereocenters. The Hall–Kier alpha value is -3.34. The van der Waals surface area contributed by atoms with Crippen LogP contribution in [0.5, 0.6) is 0 Å². The van der Waals surface area contributed by atoms with Crippen LogP contribution in [0, 0.1) is 13.8 Å². The van der Waals surface area contributed by atoms with Gasteiger partial charge in [0.25, 0.3) is 0 Å². The van der Waals surface area contributed by atoms with Crippen LogP contribution in [-0.4, -0.2) is 30.8 Å². The number of benzene rings is 2. The standard InChI is InChI=1S/C23H26N4O/c1-17-14-20(16-24-25-23(28)15-19-8-6-5-7-9-19)18(2)27(17)22-12-10-21(11-13-22)26(3)4/h5-14,16H,15H2,1-4H3,(H,25,28)/b24-16-. The van der Waals surface area contributed by atoms with E-state index in [4.69, 9.17) is 0 Å². The van der Waals surface area contributed by atoms with Crippen LogP contribution in [0.1, 0.15) is 22.5 Å². The molecular weight excluding hydrogens is 348 g/mol. The first-order chi connectivity index (χ1) is 13.5. The second-order valence-corrected chi connectivity index (χ2v) is 7.03. The van der Waals surface area contributed by atoms with E-state index in [1.165, 1.54) is 0 Å². The van der Waals surface area contributed by atoms with Gasteiger partial charge >= 0.3 is 0 Å². The van der Waals surface area contributed by atoms with Crippen LogP contribution in [0.3, 0.4) is 0 Å². The van der Waals surface area contributed by atoms with Crippen molar-refractivity contribution in [3.05, 3.63) is 83.2 Å². The average Bonchev–Trinajstić information content (AvgIpc) is 2.96. The molecule has 3 aromatic rings. The SMILES string of the molecule is Cc1cc(/C=N\NC(=O)Cc2ccccc2)c(C)n1-c1ccc(N(C)C)cc1. The van der Waals surface area contributed by atoms with Crippen LogP contribution in [0.4, 0.5) is 5.69 Å². The van der Waals surface area contributed by atoms with Gasteiger partial charge in [0.1, 0.15) is 0 Å². The monoisotopic (exact) mass is 374 g/mol. The first-order valence-corrected chi connectivity index (χ1v) is 9.28. The minimum Gasteiger partial charge on any atom is -0.378 e. The molecule has 5 heteroatoms. The number of carbonyl (C=O) groups is 1. The fourth-order valence-electron chi connectivity index (χ4n) is 3.21. The van der Waals surface area contributed by atoms with Gasteiger partial charge < -0.3 is 9.47 Å². The van der Waals surface area contributed by atoms with E-state index in [1.54, 1.807) is 6.21 Å². The van der Waals surface area contributed by atoms with Gasteiger partial charge in [-0.1, -0.05) is 30.3 Å². The van der Waals surface area contributed by atoms with Crippen LogP contribution in [0.25, 0.3) is 5.69 Å². The van der Waals surface area contributed by atoms with E-state index in [9.17, 15) is 4.79 Å². The molecule has 144 valence electrons. The fourth-order valence-corrected chi connectivity index (χ4v) is 3.21. The van der Waals surface area contributed by atoms with E-state index < -0.39 is 0 Å². The van der Waals surface area contributed by atoms with E-state index >= 15 is 0 Å². The lowest BCUT2D eigenvalue weighted by Crippen LogP contribution is -2.19. The van der Waals surface area contributed by atoms with Crippen molar-refractivity contribution in [2.75, 3.05) is 19.0 Å². The smallest absolute Gasteiger partial charge is 0.244 e. The molecule has 0 bridgehead atoms. The fraction of sp³-hybridized carbons (Fsp3) is 0.217. The molecule has 28 heavy (non-hydrogen) atoms. The van der Waals surface area contributed by atoms with Gasteiger partial charge in [0.15, 0.2) is 0 Å². The summed E-state index contributed by atoms with van der Waals surface area (Å²) < 4.78 is 2.19. The molecule has 0 saturated heterocycles. The molecule has 1 aromatic heterocycles. The van der Waals surface area contributed by atoms with Gasteiger partial charge in [0.2, 0.25) is 5.91 Å². The Morgan fingerprint density at radius 2 is 1.75 bits per heavy atom. The second kappa shape index (κ2) is 8.57. The molecule has 0 aliphatic carbocycles. The van der Waals surface area contributed by atoms with Crippen molar-refractivity contribution >= 4 is 17.8 Å². The highest BCUT2D eigenvalue weighted by molar-refractivity contribution is 5.84. The number of hydrogen-bond donors (Lipinski definition) is 1. The molecule has 1 amide bonds. The van der Waals surface area contributed by atoms with Crippen molar-refractivity contribution in [1.29, 1.82) is 0 Å². The number of hydrogen-bond acceptors (Lipinski definition) is 3. The summed E-state index contributed by atoms with van der Waals surface area (Å²) >= 11 is 0. The summed E-state index contributed by atoms with van der Waals surface area (Å²) in [5.41, 5.74) is 9.02. The first kappa shape index (κ1) is 19.4. The van der Waals surface area contributed by atoms with Crippen molar-refractivity contribution < 1.29 is 4.79 Å². The number of rotatable bonds is 6. The number of amides is 1. The quantitative estimate of drug-likeness (QED) is 0.526. The molecule has 1 N–H and O–H groups in total. The Morgan fingerprint density at radius 1 is 1.07 bits per heavy atom. The predicted octanol–water partition coefficient (Wildman–Crippen LogP) is 3.85. The molecule has 0 radical (unpaired) electrons. The number of carbonyl (C=O) groups excluding carboxylic acids is 1. The lowest BCUT2D eigenvalue weighted by atomic mass is 10.1. The van der Waals surface area contributed by atoms with Gasteiger partial charge in [0, 0.05) is 42.4 Å². The maximum atomic E-state index is 12.0. The van der Waals surface area contributed by atoms with Crippen molar-refractivity contribution in [3.8, 4) is 5.69 Å². The predicted molar refractivity (Wildman–Crippen MR) is 115 cm³/mol. The zero-order chi connectivity index (χ0) is 20.1. The number of hydrazone groups is 1. The lowest BCUT2D eigenvalue weighted by Gasteiger charge is -2.14. The third kappa shape index (κ3) is 4.49. The molecule has 5 nitrogen and oxygen atoms in total. The van der Waals surface area contributed by atoms with E-state index in [1.807, 2.05) is 44.4 Å². The maximum absolute atomic E-state index is 12.0. The Balaban J connectivity index is 1.71. The number of anilines is 1. The Bertz CT molecular complexity index is 970. The van der Waals surface area contributed by atoms with Crippen LogP contribution >= 0.6 is 0 Å². The third-order valence-corrected chi connectivity index (χ3v) is 4.69. The molecule has 0 saturated carbocycles. The van der Waals surface area contributed by atoms with Gasteiger partial charge in [0.05, 0.1) is 12.6 Å². The molecule has 0 aliphatic heterocycles. The number of nitrogens with one attached hydrogen (secondary N) is 1. The number of aromatic nitrogens is 1. The van der Waals surface area contributed by atoms with E-state index in [0.29, 0.717) is 6.42 Å². The summed E-state index contributed by atoms with van der Waals surface area (Å²) in [4.78, 5) is 14.1. The normalized spacial score (nSPS) is 11.0. The topological polar surface area (TPSA) is 49.6 Å². The van der Waals surface area contributed by atoms with Crippen molar-refractivity contribution in [2.24, 2.45) is 5.10 Å². The molecule has 3 rings (SSSR count). The van der Waals surface area contributed by atoms with Crippen LogP contribution in [-0.2, 0) is 11.2 Å². The maximum Gasteiger partial charge on any atom is 0.244 e. The minimum absolute atomic E-state index is 0.129. The number of nitrogens with zero attached hydrogens (tertiary/aromatic N) is 3. The average molecular weight is 374 g/mol. The Labute approximate surface area is 166 Å². The van der Waals surface area contributed by atoms with Gasteiger partial charge in [-0.15, -0.1) is 0 Å². The molecule has 0 unspecified atom stereocenters. The molecule has 0 fully saturated rings. The van der Waals surface area contributed by atoms with E-state index in [-0.39, 0.29) is 5.91 Å². The number of aryl methyl sites for hydroxylation is 1. The van der Waals surface area contributed by atoms with Crippen molar-refractivity contribution in [3.63, 3.8) is 0 Å². The summed E-state index contributed by atoms with van der Waals surface area (Å²) in [6.07, 6.45) is 2.02. The zero-order valence-electron chi connectivity index (χ0n) is 16.8. The van der Waals surface area contributed by atoms with Gasteiger partial charge in [-0.25, -0.2) is 5.43 Å². The lowest BCUT2D eigenvalue weighted by molar-refractivity contribution is -0.120. The van der Waals surface area contributed by atoms with E-state index in [2.05, 4.69) is 64.2 Å². The third-order valence-electron chi connectivity index (χ3n) is 4.69. The molecule has 2 aromatic carbocycles. The highest BCUT2D eigenvalue weighted by Gasteiger charge is 2.10. The Kier molecular flexibility index (Phi) is 5.94. The van der Waals surface area contributed by atoms with Gasteiger partial charge in [-0.3, -0.25) is 4.79 Å². The van der Waals surface area contributed by atoms with Crippen LogP contribution in [0.2, 0.25) is 0 Å². The van der Waals surface area contributed by atoms with Crippen LogP contribution < -0.4 is 10.3 Å². The largest absolute Gasteiger partial charge is 0.378 e. The van der Waals surface area contributed by atoms with Gasteiger partial charge in [-0.05, 0) is 49.7 Å². The molecule has 0 spiro atoms. The highest BCUT2D eigenvalue weighted by Crippen LogP contribution is 2.22. The summed E-state index contributed by atoms with van der Waals surface area (Å²) in [5.74, 6) is -0.129. The summed E-state index contributed by atoms with van der Waals surface area (Å²) in [5, 5.41) is 4.14. The van der Waals surface area contributed by atoms with Gasteiger partial charge in [-0.2, -0.15) is 5.10 Å². The minimum atomic E-state index is -0.129. The highest BCUT2D eigenvalue weighted by atomic mass is 16.2. The van der Waals surface area contributed by atoms with Crippen molar-refractivity contribution in [2.45, 2.75) is 20.3 Å².